The van der Waals surface area contributed by atoms with E-state index in [9.17, 15) is 5.11 Å². The average molecular weight is 373 g/mol. The lowest BCUT2D eigenvalue weighted by molar-refractivity contribution is 0.310. The second-order valence-electron chi connectivity index (χ2n) is 7.49. The zero-order valence-electron chi connectivity index (χ0n) is 15.2. The lowest BCUT2D eigenvalue weighted by atomic mass is 9.92. The first-order chi connectivity index (χ1) is 12.6. The van der Waals surface area contributed by atoms with Crippen LogP contribution in [0.25, 0.3) is 11.3 Å². The van der Waals surface area contributed by atoms with Crippen molar-refractivity contribution in [2.75, 3.05) is 18.0 Å². The van der Waals surface area contributed by atoms with Crippen LogP contribution in [-0.4, -0.2) is 40.5 Å². The molecule has 138 valence electrons. The molecule has 2 N–H and O–H groups in total. The van der Waals surface area contributed by atoms with Crippen LogP contribution in [0, 0.1) is 5.92 Å². The number of fused-ring (bicyclic) bond motifs is 1. The molecule has 26 heavy (non-hydrogen) atoms. The van der Waals surface area contributed by atoms with Crippen molar-refractivity contribution < 1.29 is 5.11 Å². The van der Waals surface area contributed by atoms with E-state index in [0.29, 0.717) is 28.7 Å². The molecule has 4 rings (SSSR count). The maximum absolute atomic E-state index is 10.4. The number of anilines is 1. The molecular weight excluding hydrogens is 348 g/mol. The van der Waals surface area contributed by atoms with E-state index in [1.807, 2.05) is 25.1 Å². The fourth-order valence-corrected chi connectivity index (χ4v) is 4.58. The Bertz CT molecular complexity index is 795. The van der Waals surface area contributed by atoms with Gasteiger partial charge in [0.15, 0.2) is 5.82 Å². The molecule has 2 aliphatic rings. The lowest BCUT2D eigenvalue weighted by Crippen LogP contribution is -2.50. The number of aromatic hydroxyl groups is 1. The maximum Gasteiger partial charge on any atom is 0.151 e. The maximum atomic E-state index is 10.4. The molecule has 2 saturated heterocycles. The van der Waals surface area contributed by atoms with E-state index in [1.54, 1.807) is 6.07 Å². The Labute approximate surface area is 159 Å². The lowest BCUT2D eigenvalue weighted by Gasteiger charge is -2.36. The van der Waals surface area contributed by atoms with Crippen LogP contribution in [0.1, 0.15) is 32.3 Å². The Balaban J connectivity index is 1.62. The number of nitrogens with zero attached hydrogens (tertiary/aromatic N) is 3. The Morgan fingerprint density at radius 3 is 2.88 bits per heavy atom. The van der Waals surface area contributed by atoms with E-state index >= 15 is 0 Å². The molecule has 0 bridgehead atoms. The van der Waals surface area contributed by atoms with E-state index in [2.05, 4.69) is 27.3 Å². The molecule has 3 atom stereocenters. The van der Waals surface area contributed by atoms with Gasteiger partial charge in [-0.25, -0.2) is 0 Å². The van der Waals surface area contributed by atoms with Crippen molar-refractivity contribution in [2.24, 2.45) is 5.92 Å². The molecule has 1 aromatic carbocycles. The van der Waals surface area contributed by atoms with E-state index in [-0.39, 0.29) is 5.75 Å². The molecule has 0 amide bonds. The second-order valence-corrected chi connectivity index (χ2v) is 7.93. The largest absolute Gasteiger partial charge is 0.507 e. The fourth-order valence-electron chi connectivity index (χ4n) is 4.35. The zero-order chi connectivity index (χ0) is 18.3. The van der Waals surface area contributed by atoms with E-state index in [0.717, 1.165) is 42.9 Å². The number of phenols is 1. The highest BCUT2D eigenvalue weighted by Gasteiger charge is 2.38. The van der Waals surface area contributed by atoms with Gasteiger partial charge >= 0.3 is 0 Å². The molecule has 2 fully saturated rings. The number of nitrogens with one attached hydrogen (secondary N) is 1. The highest BCUT2D eigenvalue weighted by atomic mass is 35.5. The van der Waals surface area contributed by atoms with Gasteiger partial charge in [-0.3, -0.25) is 0 Å². The van der Waals surface area contributed by atoms with Crippen molar-refractivity contribution in [2.45, 2.75) is 45.2 Å². The third-order valence-electron chi connectivity index (χ3n) is 5.66. The number of aryl methyl sites for hydroxylation is 1. The highest BCUT2D eigenvalue weighted by molar-refractivity contribution is 6.31. The average Bonchev–Trinajstić information content (AvgIpc) is 3.04. The summed E-state index contributed by atoms with van der Waals surface area (Å²) in [6.45, 7) is 6.45. The van der Waals surface area contributed by atoms with Gasteiger partial charge in [0.05, 0.1) is 5.69 Å². The summed E-state index contributed by atoms with van der Waals surface area (Å²) in [6, 6.07) is 8.47. The number of halogens is 1. The van der Waals surface area contributed by atoms with Gasteiger partial charge in [-0.2, -0.15) is 0 Å². The highest BCUT2D eigenvalue weighted by Crippen LogP contribution is 2.36. The summed E-state index contributed by atoms with van der Waals surface area (Å²) in [7, 11) is 0. The Morgan fingerprint density at radius 1 is 1.31 bits per heavy atom. The normalized spacial score (nSPS) is 25.3. The van der Waals surface area contributed by atoms with Gasteiger partial charge in [-0.1, -0.05) is 25.4 Å². The van der Waals surface area contributed by atoms with Gasteiger partial charge < -0.3 is 15.3 Å². The number of phenolic OH excluding ortho intramolecular Hbond substituents is 1. The Kier molecular flexibility index (Phi) is 4.76. The summed E-state index contributed by atoms with van der Waals surface area (Å²) < 4.78 is 0. The predicted molar refractivity (Wildman–Crippen MR) is 105 cm³/mol. The Morgan fingerprint density at radius 2 is 2.15 bits per heavy atom. The van der Waals surface area contributed by atoms with Crippen molar-refractivity contribution in [1.82, 2.24) is 15.5 Å². The topological polar surface area (TPSA) is 61.3 Å². The molecular formula is C20H25ClN4O. The summed E-state index contributed by atoms with van der Waals surface area (Å²) >= 11 is 6.07. The summed E-state index contributed by atoms with van der Waals surface area (Å²) in [5.74, 6) is 1.76. The van der Waals surface area contributed by atoms with Crippen molar-refractivity contribution in [3.05, 3.63) is 34.9 Å². The smallest absolute Gasteiger partial charge is 0.151 e. The number of aromatic nitrogens is 2. The monoisotopic (exact) mass is 372 g/mol. The van der Waals surface area contributed by atoms with E-state index < -0.39 is 0 Å². The number of rotatable bonds is 3. The van der Waals surface area contributed by atoms with Crippen LogP contribution in [0.3, 0.4) is 0 Å². The van der Waals surface area contributed by atoms with E-state index in [1.165, 1.54) is 6.42 Å². The van der Waals surface area contributed by atoms with Crippen LogP contribution < -0.4 is 10.2 Å². The molecule has 1 unspecified atom stereocenters. The van der Waals surface area contributed by atoms with Crippen LogP contribution in [-0.2, 0) is 6.42 Å². The number of benzene rings is 1. The Hall–Kier alpha value is -1.85. The number of piperidine rings is 1. The first kappa shape index (κ1) is 17.6. The summed E-state index contributed by atoms with van der Waals surface area (Å²) in [5, 5.41) is 23.5. The molecule has 1 aromatic heterocycles. The van der Waals surface area contributed by atoms with Gasteiger partial charge in [-0.15, -0.1) is 10.2 Å². The minimum Gasteiger partial charge on any atom is -0.507 e. The van der Waals surface area contributed by atoms with E-state index in [4.69, 9.17) is 11.6 Å². The van der Waals surface area contributed by atoms with Crippen molar-refractivity contribution in [3.63, 3.8) is 0 Å². The predicted octanol–water partition coefficient (Wildman–Crippen LogP) is 3.64. The summed E-state index contributed by atoms with van der Waals surface area (Å²) in [4.78, 5) is 2.38. The van der Waals surface area contributed by atoms with Crippen LogP contribution in [0.15, 0.2) is 24.3 Å². The van der Waals surface area contributed by atoms with Gasteiger partial charge in [0.1, 0.15) is 5.75 Å². The fraction of sp³-hybridized carbons (Fsp3) is 0.500. The molecule has 2 aromatic rings. The third-order valence-corrected chi connectivity index (χ3v) is 5.88. The van der Waals surface area contributed by atoms with Gasteiger partial charge in [0.25, 0.3) is 0 Å². The minimum absolute atomic E-state index is 0.156. The van der Waals surface area contributed by atoms with Crippen LogP contribution >= 0.6 is 11.6 Å². The number of hydrogen-bond donors (Lipinski definition) is 2. The minimum atomic E-state index is 0.156. The third kappa shape index (κ3) is 3.14. The molecule has 6 heteroatoms. The SMILES string of the molecule is CCc1cc(Cl)cc(O)c1-c1ccc(N2CC[C@@H]3NCC(C)C[C@H]32)nn1. The number of hydrogen-bond acceptors (Lipinski definition) is 5. The van der Waals surface area contributed by atoms with Crippen molar-refractivity contribution in [1.29, 1.82) is 0 Å². The van der Waals surface area contributed by atoms with Crippen LogP contribution in [0.5, 0.6) is 5.75 Å². The van der Waals surface area contributed by atoms with Gasteiger partial charge in [0.2, 0.25) is 0 Å². The summed E-state index contributed by atoms with van der Waals surface area (Å²) in [6.07, 6.45) is 3.12. The first-order valence-electron chi connectivity index (χ1n) is 9.42. The molecule has 0 aliphatic carbocycles. The molecule has 0 spiro atoms. The standard InChI is InChI=1S/C20H25ClN4O/c1-3-13-9-14(21)10-18(26)20(13)16-4-5-19(24-23-16)25-7-6-15-17(25)8-12(2)11-22-15/h4-5,9-10,12,15,17,22,26H,3,6-8,11H2,1-2H3/t12?,15-,17+/m0/s1. The van der Waals surface area contributed by atoms with Crippen LogP contribution in [0.4, 0.5) is 5.82 Å². The molecule has 3 heterocycles. The van der Waals surface area contributed by atoms with Crippen molar-refractivity contribution >= 4 is 17.4 Å². The zero-order valence-corrected chi connectivity index (χ0v) is 16.0. The van der Waals surface area contributed by atoms with Crippen molar-refractivity contribution in [3.8, 4) is 17.0 Å². The molecule has 5 nitrogen and oxygen atoms in total. The molecule has 0 radical (unpaired) electrons. The molecule has 2 aliphatic heterocycles. The molecule has 0 saturated carbocycles. The van der Waals surface area contributed by atoms with Crippen LogP contribution in [0.2, 0.25) is 5.02 Å². The van der Waals surface area contributed by atoms with Gasteiger partial charge in [0, 0.05) is 29.2 Å². The quantitative estimate of drug-likeness (QED) is 0.861. The second kappa shape index (κ2) is 7.05. The summed E-state index contributed by atoms with van der Waals surface area (Å²) in [5.41, 5.74) is 2.39. The first-order valence-corrected chi connectivity index (χ1v) is 9.80. The van der Waals surface area contributed by atoms with Gasteiger partial charge in [-0.05, 0) is 61.6 Å².